The van der Waals surface area contributed by atoms with Crippen LogP contribution in [0.2, 0.25) is 0 Å². The third kappa shape index (κ3) is 6.86. The van der Waals surface area contributed by atoms with E-state index in [2.05, 4.69) is 4.98 Å². The molecule has 1 aromatic rings. The first-order valence-corrected chi connectivity index (χ1v) is 10.3. The highest BCUT2D eigenvalue weighted by Crippen LogP contribution is 2.42. The van der Waals surface area contributed by atoms with Gasteiger partial charge in [-0.3, -0.25) is 4.79 Å². The van der Waals surface area contributed by atoms with Crippen LogP contribution in [0.15, 0.2) is 11.6 Å². The molecular formula is C14H18Cl6N2OS. The number of nitrogens with zero attached hydrogens (tertiary/aromatic N) is 2. The number of rotatable bonds is 6. The summed E-state index contributed by atoms with van der Waals surface area (Å²) in [6.45, 7) is 3.52. The molecule has 1 amide bonds. The minimum atomic E-state index is -1.50. The van der Waals surface area contributed by atoms with Crippen molar-refractivity contribution in [3.63, 3.8) is 0 Å². The fourth-order valence-electron chi connectivity index (χ4n) is 1.99. The van der Waals surface area contributed by atoms with Gasteiger partial charge in [0.05, 0.1) is 6.04 Å². The van der Waals surface area contributed by atoms with E-state index in [0.29, 0.717) is 6.42 Å². The molecule has 1 aromatic heterocycles. The Balaban J connectivity index is 2.93. The van der Waals surface area contributed by atoms with Gasteiger partial charge < -0.3 is 4.90 Å². The molecule has 0 fully saturated rings. The van der Waals surface area contributed by atoms with Crippen LogP contribution in [0.5, 0.6) is 0 Å². The first-order chi connectivity index (χ1) is 10.8. The zero-order valence-electron chi connectivity index (χ0n) is 13.3. The molecule has 0 aliphatic carbocycles. The van der Waals surface area contributed by atoms with Gasteiger partial charge in [-0.15, -0.1) is 11.3 Å². The second-order valence-corrected chi connectivity index (χ2v) is 11.4. The van der Waals surface area contributed by atoms with Gasteiger partial charge >= 0.3 is 0 Å². The largest absolute Gasteiger partial charge is 0.336 e. The van der Waals surface area contributed by atoms with E-state index in [1.165, 1.54) is 11.3 Å². The van der Waals surface area contributed by atoms with Crippen LogP contribution in [-0.4, -0.2) is 30.4 Å². The number of alkyl halides is 6. The summed E-state index contributed by atoms with van der Waals surface area (Å²) in [5, 5.41) is 2.61. The minimum Gasteiger partial charge on any atom is -0.336 e. The molecule has 3 atom stereocenters. The van der Waals surface area contributed by atoms with Gasteiger partial charge in [0.15, 0.2) is 7.59 Å². The molecule has 1 unspecified atom stereocenters. The second-order valence-electron chi connectivity index (χ2n) is 5.72. The molecule has 0 aliphatic heterocycles. The molecule has 24 heavy (non-hydrogen) atoms. The third-order valence-corrected chi connectivity index (χ3v) is 6.88. The fourth-order valence-corrected chi connectivity index (χ4v) is 3.28. The molecule has 1 heterocycles. The third-order valence-electron chi connectivity index (χ3n) is 3.77. The van der Waals surface area contributed by atoms with Crippen molar-refractivity contribution in [1.82, 2.24) is 9.88 Å². The normalized spacial score (nSPS) is 16.5. The number of amides is 1. The Hall–Kier alpha value is 0.840. The van der Waals surface area contributed by atoms with E-state index < -0.39 is 13.5 Å². The van der Waals surface area contributed by atoms with Crippen LogP contribution < -0.4 is 0 Å². The molecule has 10 heteroatoms. The predicted octanol–water partition coefficient (Wildman–Crippen LogP) is 6.44. The van der Waals surface area contributed by atoms with Gasteiger partial charge in [0, 0.05) is 36.9 Å². The number of carbonyl (C=O) groups excluding carboxylic acids is 1. The lowest BCUT2D eigenvalue weighted by molar-refractivity contribution is -0.133. The van der Waals surface area contributed by atoms with Crippen LogP contribution in [0.4, 0.5) is 0 Å². The van der Waals surface area contributed by atoms with Crippen molar-refractivity contribution in [3.8, 4) is 0 Å². The Bertz CT molecular complexity index is 528. The SMILES string of the molecule is CC(CC(=O)N(C)[C@@H](C[C@@H](C)C(Cl)(Cl)Cl)c1nccs1)C(Cl)(Cl)Cl. The van der Waals surface area contributed by atoms with Crippen molar-refractivity contribution in [2.45, 2.75) is 40.3 Å². The maximum absolute atomic E-state index is 12.6. The molecule has 0 bridgehead atoms. The molecule has 0 saturated heterocycles. The summed E-state index contributed by atoms with van der Waals surface area (Å²) in [6, 6.07) is -0.314. The molecule has 0 spiro atoms. The van der Waals surface area contributed by atoms with Crippen molar-refractivity contribution in [1.29, 1.82) is 0 Å². The average molecular weight is 475 g/mol. The molecule has 138 valence electrons. The van der Waals surface area contributed by atoms with Crippen LogP contribution in [0.3, 0.4) is 0 Å². The van der Waals surface area contributed by atoms with Crippen LogP contribution in [0.25, 0.3) is 0 Å². The maximum atomic E-state index is 12.6. The van der Waals surface area contributed by atoms with Crippen molar-refractivity contribution in [2.24, 2.45) is 11.8 Å². The van der Waals surface area contributed by atoms with Gasteiger partial charge in [-0.1, -0.05) is 83.5 Å². The Kier molecular flexibility index (Phi) is 8.74. The van der Waals surface area contributed by atoms with Crippen molar-refractivity contribution >= 4 is 86.8 Å². The van der Waals surface area contributed by atoms with Crippen molar-refractivity contribution in [2.75, 3.05) is 7.05 Å². The summed E-state index contributed by atoms with van der Waals surface area (Å²) in [5.74, 6) is -0.872. The fraction of sp³-hybridized carbons (Fsp3) is 0.714. The molecule has 1 rings (SSSR count). The first kappa shape index (κ1) is 22.9. The summed E-state index contributed by atoms with van der Waals surface area (Å²) in [4.78, 5) is 18.5. The van der Waals surface area contributed by atoms with E-state index in [4.69, 9.17) is 69.6 Å². The molecule has 0 radical (unpaired) electrons. The lowest BCUT2D eigenvalue weighted by Crippen LogP contribution is -2.36. The number of carbonyl (C=O) groups is 1. The topological polar surface area (TPSA) is 33.2 Å². The van der Waals surface area contributed by atoms with Crippen LogP contribution in [-0.2, 0) is 4.79 Å². The Labute approximate surface area is 176 Å². The minimum absolute atomic E-state index is 0.0943. The molecular weight excluding hydrogens is 457 g/mol. The van der Waals surface area contributed by atoms with Crippen LogP contribution in [0, 0.1) is 11.8 Å². The number of aromatic nitrogens is 1. The van der Waals surface area contributed by atoms with Gasteiger partial charge in [0.25, 0.3) is 0 Å². The van der Waals surface area contributed by atoms with E-state index in [1.807, 2.05) is 12.3 Å². The average Bonchev–Trinajstić information content (AvgIpc) is 2.95. The Morgan fingerprint density at radius 3 is 2.12 bits per heavy atom. The summed E-state index contributed by atoms with van der Waals surface area (Å²) in [6.07, 6.45) is 2.22. The Morgan fingerprint density at radius 1 is 1.17 bits per heavy atom. The summed E-state index contributed by atoms with van der Waals surface area (Å²) < 4.78 is -2.93. The van der Waals surface area contributed by atoms with E-state index in [1.54, 1.807) is 25.1 Å². The number of hydrogen-bond donors (Lipinski definition) is 0. The highest BCUT2D eigenvalue weighted by Gasteiger charge is 2.36. The zero-order valence-corrected chi connectivity index (χ0v) is 18.6. The number of halogens is 6. The van der Waals surface area contributed by atoms with E-state index in [-0.39, 0.29) is 24.3 Å². The number of hydrogen-bond acceptors (Lipinski definition) is 3. The van der Waals surface area contributed by atoms with Gasteiger partial charge in [-0.05, 0) is 6.42 Å². The van der Waals surface area contributed by atoms with Crippen molar-refractivity contribution in [3.05, 3.63) is 16.6 Å². The van der Waals surface area contributed by atoms with Gasteiger partial charge in [-0.25, -0.2) is 4.98 Å². The Morgan fingerprint density at radius 2 is 1.71 bits per heavy atom. The summed E-state index contributed by atoms with van der Waals surface area (Å²) in [7, 11) is 1.69. The van der Waals surface area contributed by atoms with Crippen LogP contribution in [0.1, 0.15) is 37.7 Å². The van der Waals surface area contributed by atoms with Gasteiger partial charge in [-0.2, -0.15) is 0 Å². The zero-order chi connectivity index (χ0) is 18.7. The molecule has 0 aliphatic rings. The molecule has 0 saturated carbocycles. The maximum Gasteiger partial charge on any atom is 0.223 e. The highest BCUT2D eigenvalue weighted by molar-refractivity contribution is 7.09. The smallest absolute Gasteiger partial charge is 0.223 e. The lowest BCUT2D eigenvalue weighted by atomic mass is 10.0. The van der Waals surface area contributed by atoms with Crippen LogP contribution >= 0.6 is 80.9 Å². The van der Waals surface area contributed by atoms with Crippen molar-refractivity contribution < 1.29 is 4.79 Å². The summed E-state index contributed by atoms with van der Waals surface area (Å²) >= 11 is 36.9. The number of thiazole rings is 1. The lowest BCUT2D eigenvalue weighted by Gasteiger charge is -2.32. The summed E-state index contributed by atoms with van der Waals surface area (Å²) in [5.41, 5.74) is 0. The predicted molar refractivity (Wildman–Crippen MR) is 106 cm³/mol. The highest BCUT2D eigenvalue weighted by atomic mass is 35.6. The molecule has 0 aromatic carbocycles. The van der Waals surface area contributed by atoms with Gasteiger partial charge in [0.1, 0.15) is 5.01 Å². The van der Waals surface area contributed by atoms with E-state index in [9.17, 15) is 4.79 Å². The second kappa shape index (κ2) is 9.16. The van der Waals surface area contributed by atoms with E-state index in [0.717, 1.165) is 5.01 Å². The van der Waals surface area contributed by atoms with Gasteiger partial charge in [0.2, 0.25) is 5.91 Å². The van der Waals surface area contributed by atoms with E-state index >= 15 is 0 Å². The monoisotopic (exact) mass is 472 g/mol. The quantitative estimate of drug-likeness (QED) is 0.445. The standard InChI is InChI=1S/C14H18Cl6N2OS/c1-8(13(15,16)17)6-10(12-21-4-5-24-12)22(3)11(23)7-9(2)14(18,19)20/h4-5,8-10H,6-7H2,1-3H3/t8-,9?,10+/m1/s1. The molecule has 0 N–H and O–H groups in total. The first-order valence-electron chi connectivity index (χ1n) is 7.12. The molecule has 3 nitrogen and oxygen atoms in total.